The predicted octanol–water partition coefficient (Wildman–Crippen LogP) is 1.28. The van der Waals surface area contributed by atoms with E-state index < -0.39 is 29.6 Å². The molecule has 1 saturated heterocycles. The lowest BCUT2D eigenvalue weighted by molar-refractivity contribution is -0.433. The van der Waals surface area contributed by atoms with Crippen LogP contribution in [0.3, 0.4) is 0 Å². The van der Waals surface area contributed by atoms with Gasteiger partial charge in [0.15, 0.2) is 0 Å². The number of carbonyl (C=O) groups is 1. The first kappa shape index (κ1) is 13.9. The molecule has 1 N–H and O–H groups in total. The fourth-order valence-corrected chi connectivity index (χ4v) is 1.78. The highest BCUT2D eigenvalue weighted by atomic mass is 32.2. The molecule has 0 amide bonds. The number of alkyl halides is 2. The average Bonchev–Trinajstić information content (AvgIpc) is 2.28. The van der Waals surface area contributed by atoms with Crippen LogP contribution >= 0.6 is 23.8 Å². The second-order valence-corrected chi connectivity index (χ2v) is 4.49. The van der Waals surface area contributed by atoms with Crippen molar-refractivity contribution >= 4 is 29.8 Å². The highest BCUT2D eigenvalue weighted by molar-refractivity contribution is 7.99. The van der Waals surface area contributed by atoms with Crippen LogP contribution < -0.4 is 0 Å². The van der Waals surface area contributed by atoms with Crippen LogP contribution in [-0.4, -0.2) is 40.9 Å². The van der Waals surface area contributed by atoms with E-state index in [1.165, 1.54) is 11.8 Å². The molecule has 0 bridgehead atoms. The molecule has 1 rings (SSSR count). The van der Waals surface area contributed by atoms with Crippen molar-refractivity contribution in [2.75, 3.05) is 18.1 Å². The Kier molecular flexibility index (Phi) is 5.72. The Morgan fingerprint density at radius 1 is 1.62 bits per heavy atom. The van der Waals surface area contributed by atoms with Crippen molar-refractivity contribution in [3.05, 3.63) is 0 Å². The first-order chi connectivity index (χ1) is 7.56. The highest BCUT2D eigenvalue weighted by Crippen LogP contribution is 2.32. The Labute approximate surface area is 97.6 Å². The summed E-state index contributed by atoms with van der Waals surface area (Å²) in [6, 6.07) is 0. The quantitative estimate of drug-likeness (QED) is 0.349. The Bertz CT molecular complexity index is 235. The fourth-order valence-electron chi connectivity index (χ4n) is 0.814. The first-order valence-corrected chi connectivity index (χ1v) is 5.90. The molecule has 6 nitrogen and oxygen atoms in total. The second-order valence-electron chi connectivity index (χ2n) is 2.52. The van der Waals surface area contributed by atoms with Crippen LogP contribution in [0.1, 0.15) is 0 Å². The van der Waals surface area contributed by atoms with Crippen molar-refractivity contribution in [2.24, 2.45) is 0 Å². The summed E-state index contributed by atoms with van der Waals surface area (Å²) >= 11 is 0.757. The maximum Gasteiger partial charge on any atom is 0.415 e. The third-order valence-electron chi connectivity index (χ3n) is 1.43. The molecular weight excluding hydrogens is 270 g/mol. The van der Waals surface area contributed by atoms with Gasteiger partial charge in [0.2, 0.25) is 6.29 Å². The Morgan fingerprint density at radius 3 is 2.94 bits per heavy atom. The molecular formula is C6H8F2O6S2. The minimum Gasteiger partial charge on any atom is -0.430 e. The summed E-state index contributed by atoms with van der Waals surface area (Å²) < 4.78 is 38.5. The molecule has 0 aliphatic carbocycles. The van der Waals surface area contributed by atoms with Gasteiger partial charge in [0.1, 0.15) is 12.0 Å². The summed E-state index contributed by atoms with van der Waals surface area (Å²) in [7, 11) is 0. The van der Waals surface area contributed by atoms with Gasteiger partial charge >= 0.3 is 11.2 Å². The van der Waals surface area contributed by atoms with Crippen LogP contribution in [0.2, 0.25) is 0 Å². The molecule has 1 heterocycles. The molecule has 0 saturated carbocycles. The Hall–Kier alpha value is -0.130. The van der Waals surface area contributed by atoms with Crippen LogP contribution in [0, 0.1) is 0 Å². The average molecular weight is 278 g/mol. The molecule has 1 aliphatic rings. The summed E-state index contributed by atoms with van der Waals surface area (Å²) in [6.45, 7) is 0.331. The van der Waals surface area contributed by atoms with Crippen LogP contribution in [0.15, 0.2) is 0 Å². The lowest BCUT2D eigenvalue weighted by Gasteiger charge is -2.23. The van der Waals surface area contributed by atoms with E-state index in [0.717, 1.165) is 5.75 Å². The van der Waals surface area contributed by atoms with E-state index >= 15 is 0 Å². The molecule has 1 aliphatic heterocycles. The summed E-state index contributed by atoms with van der Waals surface area (Å²) in [5, 5.41) is 6.66. The molecule has 0 radical (unpaired) electrons. The number of ether oxygens (including phenoxy) is 2. The van der Waals surface area contributed by atoms with Gasteiger partial charge in [-0.1, -0.05) is 5.04 Å². The second kappa shape index (κ2) is 6.57. The molecule has 1 unspecified atom stereocenters. The topological polar surface area (TPSA) is 74.2 Å². The first-order valence-electron chi connectivity index (χ1n) is 4.00. The lowest BCUT2D eigenvalue weighted by Crippen LogP contribution is -2.35. The normalized spacial score (nSPS) is 21.8. The van der Waals surface area contributed by atoms with Gasteiger partial charge in [0, 0.05) is 5.75 Å². The van der Waals surface area contributed by atoms with Gasteiger partial charge in [-0.25, -0.2) is 10.1 Å². The standard InChI is InChI=1S/C6H8F2O6S2/c7-6(8,16-14-13-10)5(9)12-4-3-15-2-1-11-4/h4,10H,1-3H2. The van der Waals surface area contributed by atoms with Gasteiger partial charge in [0.05, 0.1) is 12.4 Å². The van der Waals surface area contributed by atoms with E-state index in [1.807, 2.05) is 0 Å². The zero-order chi connectivity index (χ0) is 12.0. The van der Waals surface area contributed by atoms with E-state index in [1.54, 1.807) is 0 Å². The van der Waals surface area contributed by atoms with E-state index in [-0.39, 0.29) is 0 Å². The fraction of sp³-hybridized carbons (Fsp3) is 0.833. The highest BCUT2D eigenvalue weighted by Gasteiger charge is 2.45. The smallest absolute Gasteiger partial charge is 0.415 e. The third-order valence-corrected chi connectivity index (χ3v) is 2.90. The molecule has 1 fully saturated rings. The number of esters is 1. The Morgan fingerprint density at radius 2 is 2.38 bits per heavy atom. The Balaban J connectivity index is 2.36. The van der Waals surface area contributed by atoms with Crippen molar-refractivity contribution < 1.29 is 37.7 Å². The largest absolute Gasteiger partial charge is 0.430 e. The lowest BCUT2D eigenvalue weighted by atomic mass is 10.6. The molecule has 0 aromatic heterocycles. The van der Waals surface area contributed by atoms with Crippen LogP contribution in [0.25, 0.3) is 0 Å². The van der Waals surface area contributed by atoms with Crippen molar-refractivity contribution in [2.45, 2.75) is 11.5 Å². The zero-order valence-electron chi connectivity index (χ0n) is 7.76. The minimum absolute atomic E-state index is 0.295. The molecule has 1 atom stereocenters. The van der Waals surface area contributed by atoms with Gasteiger partial charge in [-0.15, -0.1) is 4.33 Å². The molecule has 0 aromatic rings. The van der Waals surface area contributed by atoms with E-state index in [2.05, 4.69) is 14.1 Å². The number of hydrogen-bond acceptors (Lipinski definition) is 8. The summed E-state index contributed by atoms with van der Waals surface area (Å²) in [5.41, 5.74) is 0. The summed E-state index contributed by atoms with van der Waals surface area (Å²) in [4.78, 5) is 10.9. The third kappa shape index (κ3) is 4.39. The van der Waals surface area contributed by atoms with Gasteiger partial charge in [0.25, 0.3) is 0 Å². The molecule has 10 heteroatoms. The van der Waals surface area contributed by atoms with Gasteiger partial charge < -0.3 is 9.47 Å². The number of halogens is 2. The van der Waals surface area contributed by atoms with Crippen LogP contribution in [0.5, 0.6) is 0 Å². The monoisotopic (exact) mass is 278 g/mol. The van der Waals surface area contributed by atoms with Crippen molar-refractivity contribution in [1.29, 1.82) is 0 Å². The van der Waals surface area contributed by atoms with Gasteiger partial charge in [-0.2, -0.15) is 20.5 Å². The number of carbonyl (C=O) groups excluding carboxylic acids is 1. The van der Waals surface area contributed by atoms with Gasteiger partial charge in [-0.05, 0) is 0 Å². The number of hydrogen-bond donors (Lipinski definition) is 1. The maximum atomic E-state index is 12.9. The zero-order valence-corrected chi connectivity index (χ0v) is 9.39. The molecule has 0 spiro atoms. The van der Waals surface area contributed by atoms with Crippen molar-refractivity contribution in [3.63, 3.8) is 0 Å². The van der Waals surface area contributed by atoms with E-state index in [4.69, 9.17) is 9.99 Å². The molecule has 0 aromatic carbocycles. The van der Waals surface area contributed by atoms with Crippen LogP contribution in [-0.2, 0) is 23.6 Å². The van der Waals surface area contributed by atoms with Crippen LogP contribution in [0.4, 0.5) is 8.78 Å². The maximum absolute atomic E-state index is 12.9. The molecule has 94 valence electrons. The summed E-state index contributed by atoms with van der Waals surface area (Å²) in [5.74, 6) is -0.799. The minimum atomic E-state index is -3.98. The van der Waals surface area contributed by atoms with Gasteiger partial charge in [-0.3, -0.25) is 0 Å². The predicted molar refractivity (Wildman–Crippen MR) is 50.5 cm³/mol. The van der Waals surface area contributed by atoms with Crippen molar-refractivity contribution in [3.8, 4) is 0 Å². The summed E-state index contributed by atoms with van der Waals surface area (Å²) in [6.07, 6.45) is -0.993. The van der Waals surface area contributed by atoms with Crippen molar-refractivity contribution in [1.82, 2.24) is 0 Å². The SMILES string of the molecule is O=C(OC1CSCCO1)C(F)(F)SOOO. The molecule has 16 heavy (non-hydrogen) atoms. The number of thioether (sulfide) groups is 1. The number of rotatable bonds is 5. The van der Waals surface area contributed by atoms with E-state index in [9.17, 15) is 13.6 Å². The van der Waals surface area contributed by atoms with E-state index in [0.29, 0.717) is 12.4 Å².